The average molecular weight is 273 g/mol. The molecule has 4 nitrogen and oxygen atoms in total. The Morgan fingerprint density at radius 1 is 1.32 bits per heavy atom. The standard InChI is InChI=1S/C14H15N3OS/c18-14(17-6-4-15-5-7-17)11-8-10-2-1-3-12(19)13(10)16-9-11/h1-3,8-9,15,19H,4-7H2. The quantitative estimate of drug-likeness (QED) is 0.775. The van der Waals surface area contributed by atoms with Crippen LogP contribution in [0.25, 0.3) is 10.9 Å². The van der Waals surface area contributed by atoms with Crippen molar-refractivity contribution >= 4 is 29.4 Å². The van der Waals surface area contributed by atoms with Crippen molar-refractivity contribution in [2.75, 3.05) is 26.2 Å². The Kier molecular flexibility index (Phi) is 3.40. The highest BCUT2D eigenvalue weighted by atomic mass is 32.1. The first-order chi connectivity index (χ1) is 9.25. The third-order valence-electron chi connectivity index (χ3n) is 3.34. The predicted octanol–water partition coefficient (Wildman–Crippen LogP) is 1.57. The van der Waals surface area contributed by atoms with Crippen LogP contribution in [-0.2, 0) is 0 Å². The summed E-state index contributed by atoms with van der Waals surface area (Å²) in [6, 6.07) is 7.67. The Bertz CT molecular complexity index is 623. The number of benzene rings is 1. The van der Waals surface area contributed by atoms with Gasteiger partial charge in [0.25, 0.3) is 5.91 Å². The van der Waals surface area contributed by atoms with Gasteiger partial charge in [-0.25, -0.2) is 0 Å². The van der Waals surface area contributed by atoms with Crippen molar-refractivity contribution in [3.05, 3.63) is 36.0 Å². The number of nitrogens with one attached hydrogen (secondary N) is 1. The summed E-state index contributed by atoms with van der Waals surface area (Å²) in [7, 11) is 0. The molecular weight excluding hydrogens is 258 g/mol. The maximum absolute atomic E-state index is 12.4. The van der Waals surface area contributed by atoms with E-state index in [1.165, 1.54) is 0 Å². The number of fused-ring (bicyclic) bond motifs is 1. The highest BCUT2D eigenvalue weighted by Crippen LogP contribution is 2.21. The Balaban J connectivity index is 1.94. The molecule has 1 aromatic carbocycles. The smallest absolute Gasteiger partial charge is 0.255 e. The van der Waals surface area contributed by atoms with Crippen LogP contribution in [0.3, 0.4) is 0 Å². The topological polar surface area (TPSA) is 45.2 Å². The summed E-state index contributed by atoms with van der Waals surface area (Å²) in [4.78, 5) is 19.4. The SMILES string of the molecule is O=C(c1cnc2c(S)cccc2c1)N1CCNCC1. The number of rotatable bonds is 1. The van der Waals surface area contributed by atoms with Gasteiger partial charge in [-0.05, 0) is 12.1 Å². The molecule has 0 atom stereocenters. The van der Waals surface area contributed by atoms with Crippen LogP contribution in [0.5, 0.6) is 0 Å². The first-order valence-electron chi connectivity index (χ1n) is 6.33. The molecule has 1 aliphatic heterocycles. The van der Waals surface area contributed by atoms with Crippen molar-refractivity contribution in [3.63, 3.8) is 0 Å². The first kappa shape index (κ1) is 12.4. The number of aromatic nitrogens is 1. The number of nitrogens with zero attached hydrogens (tertiary/aromatic N) is 2. The van der Waals surface area contributed by atoms with Crippen molar-refractivity contribution in [2.24, 2.45) is 0 Å². The van der Waals surface area contributed by atoms with Gasteiger partial charge >= 0.3 is 0 Å². The minimum absolute atomic E-state index is 0.0560. The summed E-state index contributed by atoms with van der Waals surface area (Å²) in [6.45, 7) is 3.22. The molecule has 0 saturated carbocycles. The average Bonchev–Trinajstić information content (AvgIpc) is 2.47. The lowest BCUT2D eigenvalue weighted by Gasteiger charge is -2.27. The van der Waals surface area contributed by atoms with E-state index >= 15 is 0 Å². The second kappa shape index (κ2) is 5.19. The largest absolute Gasteiger partial charge is 0.336 e. The van der Waals surface area contributed by atoms with Crippen LogP contribution in [-0.4, -0.2) is 42.0 Å². The zero-order chi connectivity index (χ0) is 13.2. The normalized spacial score (nSPS) is 15.7. The Labute approximate surface area is 117 Å². The summed E-state index contributed by atoms with van der Waals surface area (Å²) < 4.78 is 0. The minimum Gasteiger partial charge on any atom is -0.336 e. The fourth-order valence-electron chi connectivity index (χ4n) is 2.31. The highest BCUT2D eigenvalue weighted by molar-refractivity contribution is 7.80. The maximum atomic E-state index is 12.4. The fraction of sp³-hybridized carbons (Fsp3) is 0.286. The molecule has 3 rings (SSSR count). The summed E-state index contributed by atoms with van der Waals surface area (Å²) in [5.74, 6) is 0.0560. The van der Waals surface area contributed by atoms with Crippen molar-refractivity contribution in [2.45, 2.75) is 4.90 Å². The maximum Gasteiger partial charge on any atom is 0.255 e. The van der Waals surface area contributed by atoms with Crippen molar-refractivity contribution in [1.82, 2.24) is 15.2 Å². The van der Waals surface area contributed by atoms with E-state index in [0.29, 0.717) is 5.56 Å². The number of carbonyl (C=O) groups excluding carboxylic acids is 1. The highest BCUT2D eigenvalue weighted by Gasteiger charge is 2.18. The lowest BCUT2D eigenvalue weighted by Crippen LogP contribution is -2.46. The molecule has 0 bridgehead atoms. The van der Waals surface area contributed by atoms with E-state index in [1.807, 2.05) is 29.2 Å². The Hall–Kier alpha value is -1.59. The molecule has 19 heavy (non-hydrogen) atoms. The zero-order valence-electron chi connectivity index (χ0n) is 10.5. The van der Waals surface area contributed by atoms with Crippen molar-refractivity contribution in [3.8, 4) is 0 Å². The van der Waals surface area contributed by atoms with Gasteiger partial charge in [-0.1, -0.05) is 12.1 Å². The number of carbonyl (C=O) groups is 1. The third-order valence-corrected chi connectivity index (χ3v) is 3.70. The number of amides is 1. The van der Waals surface area contributed by atoms with Gasteiger partial charge in [0.05, 0.1) is 11.1 Å². The molecule has 2 aromatic rings. The van der Waals surface area contributed by atoms with E-state index in [-0.39, 0.29) is 5.91 Å². The van der Waals surface area contributed by atoms with E-state index in [1.54, 1.807) is 6.20 Å². The number of hydrogen-bond donors (Lipinski definition) is 2. The van der Waals surface area contributed by atoms with Crippen LogP contribution < -0.4 is 5.32 Å². The van der Waals surface area contributed by atoms with Crippen molar-refractivity contribution < 1.29 is 4.79 Å². The molecule has 1 N–H and O–H groups in total. The monoisotopic (exact) mass is 273 g/mol. The third kappa shape index (κ3) is 2.43. The molecule has 98 valence electrons. The van der Waals surface area contributed by atoms with Crippen LogP contribution in [0.15, 0.2) is 35.4 Å². The minimum atomic E-state index is 0.0560. The lowest BCUT2D eigenvalue weighted by molar-refractivity contribution is 0.0735. The van der Waals surface area contributed by atoms with Crippen molar-refractivity contribution in [1.29, 1.82) is 0 Å². The molecule has 0 radical (unpaired) electrons. The second-order valence-electron chi connectivity index (χ2n) is 4.62. The van der Waals surface area contributed by atoms with Crippen LogP contribution in [0, 0.1) is 0 Å². The number of para-hydroxylation sites is 1. The van der Waals surface area contributed by atoms with Gasteiger partial charge in [-0.2, -0.15) is 0 Å². The van der Waals surface area contributed by atoms with Crippen LogP contribution in [0.2, 0.25) is 0 Å². The van der Waals surface area contributed by atoms with Gasteiger partial charge in [0.1, 0.15) is 0 Å². The van der Waals surface area contributed by atoms with Crippen LogP contribution in [0.1, 0.15) is 10.4 Å². The van der Waals surface area contributed by atoms with Crippen LogP contribution in [0.4, 0.5) is 0 Å². The number of hydrogen-bond acceptors (Lipinski definition) is 4. The van der Waals surface area contributed by atoms with E-state index in [2.05, 4.69) is 22.9 Å². The molecular formula is C14H15N3OS. The fourth-order valence-corrected chi connectivity index (χ4v) is 2.59. The first-order valence-corrected chi connectivity index (χ1v) is 6.78. The molecule has 5 heteroatoms. The van der Waals surface area contributed by atoms with Gasteiger partial charge < -0.3 is 10.2 Å². The summed E-state index contributed by atoms with van der Waals surface area (Å²) in [5, 5.41) is 4.19. The summed E-state index contributed by atoms with van der Waals surface area (Å²) in [6.07, 6.45) is 1.65. The predicted molar refractivity (Wildman–Crippen MR) is 77.8 cm³/mol. The van der Waals surface area contributed by atoms with E-state index in [0.717, 1.165) is 42.0 Å². The Morgan fingerprint density at radius 2 is 2.11 bits per heavy atom. The van der Waals surface area contributed by atoms with Gasteiger partial charge in [0.2, 0.25) is 0 Å². The van der Waals surface area contributed by atoms with Gasteiger partial charge in [0, 0.05) is 42.7 Å². The second-order valence-corrected chi connectivity index (χ2v) is 5.10. The zero-order valence-corrected chi connectivity index (χ0v) is 11.4. The molecule has 1 fully saturated rings. The van der Waals surface area contributed by atoms with Gasteiger partial charge in [0.15, 0.2) is 0 Å². The molecule has 1 amide bonds. The van der Waals surface area contributed by atoms with E-state index in [4.69, 9.17) is 0 Å². The summed E-state index contributed by atoms with van der Waals surface area (Å²) in [5.41, 5.74) is 1.48. The molecule has 1 saturated heterocycles. The van der Waals surface area contributed by atoms with Gasteiger partial charge in [-0.3, -0.25) is 9.78 Å². The van der Waals surface area contributed by atoms with E-state index in [9.17, 15) is 4.79 Å². The number of thiol groups is 1. The summed E-state index contributed by atoms with van der Waals surface area (Å²) >= 11 is 4.37. The van der Waals surface area contributed by atoms with Gasteiger partial charge in [-0.15, -0.1) is 12.6 Å². The molecule has 2 heterocycles. The molecule has 1 aromatic heterocycles. The molecule has 1 aliphatic rings. The number of pyridine rings is 1. The van der Waals surface area contributed by atoms with Crippen LogP contribution >= 0.6 is 12.6 Å². The van der Waals surface area contributed by atoms with E-state index < -0.39 is 0 Å². The number of piperazine rings is 1. The lowest BCUT2D eigenvalue weighted by atomic mass is 10.1. The molecule has 0 unspecified atom stereocenters. The molecule has 0 aliphatic carbocycles. The molecule has 0 spiro atoms. The Morgan fingerprint density at radius 3 is 2.89 bits per heavy atom.